The van der Waals surface area contributed by atoms with Crippen LogP contribution in [0.25, 0.3) is 10.4 Å². The Hall–Kier alpha value is -0.730. The highest BCUT2D eigenvalue weighted by Gasteiger charge is 1.91. The van der Waals surface area contributed by atoms with Crippen LogP contribution in [0.2, 0.25) is 0 Å². The average Bonchev–Trinajstić information content (AvgIpc) is 1.87. The van der Waals surface area contributed by atoms with Gasteiger partial charge in [-0.3, -0.25) is 0 Å². The third-order valence-electron chi connectivity index (χ3n) is 1.23. The Bertz CT molecular complexity index is 115. The number of nitrogens with zero attached hydrogens (tertiary/aromatic N) is 3. The molecule has 0 aromatic heterocycles. The van der Waals surface area contributed by atoms with E-state index in [1.54, 1.807) is 0 Å². The molecule has 0 aromatic rings. The van der Waals surface area contributed by atoms with Gasteiger partial charge in [-0.05, 0) is 25.3 Å². The van der Waals surface area contributed by atoms with E-state index in [1.807, 2.05) is 6.92 Å². The summed E-state index contributed by atoms with van der Waals surface area (Å²) in [6.45, 7) is 2.58. The largest absolute Gasteiger partial charge is 0.328 e. The van der Waals surface area contributed by atoms with E-state index in [9.17, 15) is 0 Å². The molecule has 0 aliphatic heterocycles. The normalized spacial score (nSPS) is 12.2. The summed E-state index contributed by atoms with van der Waals surface area (Å²) < 4.78 is 0. The van der Waals surface area contributed by atoms with E-state index in [0.717, 1.165) is 19.3 Å². The summed E-state index contributed by atoms with van der Waals surface area (Å²) in [7, 11) is 0. The van der Waals surface area contributed by atoms with Crippen LogP contribution in [0.3, 0.4) is 0 Å². The van der Waals surface area contributed by atoms with Gasteiger partial charge in [0.1, 0.15) is 0 Å². The van der Waals surface area contributed by atoms with E-state index >= 15 is 0 Å². The minimum atomic E-state index is 0.270. The lowest BCUT2D eigenvalue weighted by Crippen LogP contribution is -2.14. The molecule has 0 radical (unpaired) electrons. The van der Waals surface area contributed by atoms with Gasteiger partial charge >= 0.3 is 0 Å². The van der Waals surface area contributed by atoms with E-state index in [1.165, 1.54) is 0 Å². The van der Waals surface area contributed by atoms with Crippen LogP contribution < -0.4 is 5.73 Å². The van der Waals surface area contributed by atoms with Crippen molar-refractivity contribution >= 4 is 0 Å². The molecule has 58 valence electrons. The molecule has 4 nitrogen and oxygen atoms in total. The van der Waals surface area contributed by atoms with Crippen molar-refractivity contribution in [2.24, 2.45) is 10.8 Å². The molecule has 0 heterocycles. The van der Waals surface area contributed by atoms with Gasteiger partial charge in [0, 0.05) is 17.5 Å². The van der Waals surface area contributed by atoms with Gasteiger partial charge in [0.15, 0.2) is 0 Å². The molecule has 0 bridgehead atoms. The first kappa shape index (κ1) is 9.27. The molecule has 1 unspecified atom stereocenters. The number of hydrogen-bond donors (Lipinski definition) is 1. The lowest BCUT2D eigenvalue weighted by atomic mass is 10.1. The monoisotopic (exact) mass is 142 g/mol. The Balaban J connectivity index is 2.98. The quantitative estimate of drug-likeness (QED) is 0.270. The van der Waals surface area contributed by atoms with Gasteiger partial charge in [0.05, 0.1) is 0 Å². The van der Waals surface area contributed by atoms with E-state index in [4.69, 9.17) is 11.3 Å². The van der Waals surface area contributed by atoms with Gasteiger partial charge in [0.25, 0.3) is 0 Å². The van der Waals surface area contributed by atoms with Crippen molar-refractivity contribution in [1.82, 2.24) is 0 Å². The maximum atomic E-state index is 7.91. The van der Waals surface area contributed by atoms with E-state index in [0.29, 0.717) is 6.54 Å². The van der Waals surface area contributed by atoms with Gasteiger partial charge in [-0.15, -0.1) is 0 Å². The molecule has 4 heteroatoms. The molecule has 2 N–H and O–H groups in total. The molecular weight excluding hydrogens is 128 g/mol. The summed E-state index contributed by atoms with van der Waals surface area (Å²) in [6, 6.07) is 0.270. The number of azide groups is 1. The maximum absolute atomic E-state index is 7.91. The van der Waals surface area contributed by atoms with Crippen molar-refractivity contribution < 1.29 is 0 Å². The summed E-state index contributed by atoms with van der Waals surface area (Å²) in [5, 5.41) is 3.41. The summed E-state index contributed by atoms with van der Waals surface area (Å²) in [5.74, 6) is 0. The Morgan fingerprint density at radius 1 is 1.60 bits per heavy atom. The third-order valence-corrected chi connectivity index (χ3v) is 1.23. The smallest absolute Gasteiger partial charge is 0.0257 e. The molecule has 0 saturated carbocycles. The molecule has 1 atom stereocenters. The second-order valence-electron chi connectivity index (χ2n) is 2.43. The zero-order valence-electron chi connectivity index (χ0n) is 6.32. The SMILES string of the molecule is CC(N)CCCCN=[N+]=[N-]. The fourth-order valence-corrected chi connectivity index (χ4v) is 0.694. The molecule has 0 fully saturated rings. The van der Waals surface area contributed by atoms with Crippen molar-refractivity contribution in [3.05, 3.63) is 10.4 Å². The third kappa shape index (κ3) is 7.27. The first-order valence-corrected chi connectivity index (χ1v) is 3.54. The highest BCUT2D eigenvalue weighted by Crippen LogP contribution is 1.97. The number of rotatable bonds is 5. The van der Waals surface area contributed by atoms with Crippen LogP contribution in [-0.2, 0) is 0 Å². The highest BCUT2D eigenvalue weighted by molar-refractivity contribution is 4.54. The zero-order chi connectivity index (χ0) is 7.82. The minimum Gasteiger partial charge on any atom is -0.328 e. The summed E-state index contributed by atoms with van der Waals surface area (Å²) in [5.41, 5.74) is 13.4. The summed E-state index contributed by atoms with van der Waals surface area (Å²) in [4.78, 5) is 2.65. The van der Waals surface area contributed by atoms with Crippen molar-refractivity contribution in [3.8, 4) is 0 Å². The standard InChI is InChI=1S/C6H14N4/c1-6(7)4-2-3-5-9-10-8/h6H,2-5,7H2,1H3. The van der Waals surface area contributed by atoms with Crippen LogP contribution in [0.1, 0.15) is 26.2 Å². The zero-order valence-corrected chi connectivity index (χ0v) is 6.32. The molecule has 10 heavy (non-hydrogen) atoms. The van der Waals surface area contributed by atoms with Crippen molar-refractivity contribution in [1.29, 1.82) is 0 Å². The topological polar surface area (TPSA) is 74.8 Å². The molecule has 0 aliphatic rings. The van der Waals surface area contributed by atoms with E-state index in [-0.39, 0.29) is 6.04 Å². The summed E-state index contributed by atoms with van der Waals surface area (Å²) in [6.07, 6.45) is 3.02. The van der Waals surface area contributed by atoms with E-state index in [2.05, 4.69) is 10.0 Å². The number of hydrogen-bond acceptors (Lipinski definition) is 2. The van der Waals surface area contributed by atoms with Gasteiger partial charge in [-0.1, -0.05) is 11.5 Å². The molecule has 0 amide bonds. The molecule has 0 rings (SSSR count). The predicted molar refractivity (Wildman–Crippen MR) is 41.5 cm³/mol. The molecular formula is C6H14N4. The van der Waals surface area contributed by atoms with Crippen LogP contribution in [0.4, 0.5) is 0 Å². The lowest BCUT2D eigenvalue weighted by Gasteiger charge is -2.01. The maximum Gasteiger partial charge on any atom is 0.0257 e. The Morgan fingerprint density at radius 3 is 2.80 bits per heavy atom. The van der Waals surface area contributed by atoms with E-state index < -0.39 is 0 Å². The fraction of sp³-hybridized carbons (Fsp3) is 1.00. The molecule has 0 spiro atoms. The second kappa shape index (κ2) is 6.39. The average molecular weight is 142 g/mol. The number of nitrogens with two attached hydrogens (primary N) is 1. The summed E-state index contributed by atoms with van der Waals surface area (Å²) >= 11 is 0. The van der Waals surface area contributed by atoms with Crippen molar-refractivity contribution in [3.63, 3.8) is 0 Å². The Morgan fingerprint density at radius 2 is 2.30 bits per heavy atom. The second-order valence-corrected chi connectivity index (χ2v) is 2.43. The van der Waals surface area contributed by atoms with Crippen LogP contribution in [-0.4, -0.2) is 12.6 Å². The van der Waals surface area contributed by atoms with Crippen LogP contribution in [0.5, 0.6) is 0 Å². The van der Waals surface area contributed by atoms with Crippen LogP contribution in [0, 0.1) is 0 Å². The molecule has 0 aliphatic carbocycles. The van der Waals surface area contributed by atoms with Crippen molar-refractivity contribution in [2.75, 3.05) is 6.54 Å². The van der Waals surface area contributed by atoms with Crippen LogP contribution >= 0.6 is 0 Å². The Kier molecular flexibility index (Phi) is 5.92. The first-order valence-electron chi connectivity index (χ1n) is 3.54. The van der Waals surface area contributed by atoms with Crippen molar-refractivity contribution in [2.45, 2.75) is 32.2 Å². The molecule has 0 aromatic carbocycles. The van der Waals surface area contributed by atoms with Gasteiger partial charge in [0.2, 0.25) is 0 Å². The van der Waals surface area contributed by atoms with Gasteiger partial charge in [-0.25, -0.2) is 0 Å². The Labute approximate surface area is 61.0 Å². The van der Waals surface area contributed by atoms with Crippen LogP contribution in [0.15, 0.2) is 5.11 Å². The molecule has 0 saturated heterocycles. The lowest BCUT2D eigenvalue weighted by molar-refractivity contribution is 0.602. The predicted octanol–water partition coefficient (Wildman–Crippen LogP) is 1.81. The minimum absolute atomic E-state index is 0.270. The highest BCUT2D eigenvalue weighted by atomic mass is 15.1. The number of unbranched alkanes of at least 4 members (excludes halogenated alkanes) is 1. The van der Waals surface area contributed by atoms with Gasteiger partial charge < -0.3 is 5.73 Å². The first-order chi connectivity index (χ1) is 4.77. The fourth-order valence-electron chi connectivity index (χ4n) is 0.694. The van der Waals surface area contributed by atoms with Gasteiger partial charge in [-0.2, -0.15) is 0 Å².